The molecule has 0 aliphatic rings. The van der Waals surface area contributed by atoms with E-state index in [1.54, 1.807) is 23.0 Å². The Hall–Kier alpha value is -3.44. The number of benzene rings is 3. The van der Waals surface area contributed by atoms with Crippen molar-refractivity contribution in [1.29, 1.82) is 0 Å². The van der Waals surface area contributed by atoms with E-state index in [-0.39, 0.29) is 18.0 Å². The second kappa shape index (κ2) is 8.49. The predicted octanol–water partition coefficient (Wildman–Crippen LogP) is 6.30. The molecule has 0 bridgehead atoms. The van der Waals surface area contributed by atoms with E-state index in [1.165, 1.54) is 6.07 Å². The van der Waals surface area contributed by atoms with Crippen molar-refractivity contribution in [1.82, 2.24) is 14.1 Å². The van der Waals surface area contributed by atoms with Gasteiger partial charge in [-0.1, -0.05) is 66.6 Å². The summed E-state index contributed by atoms with van der Waals surface area (Å²) in [6.45, 7) is 4.72. The van der Waals surface area contributed by atoms with E-state index in [1.807, 2.05) is 47.9 Å². The van der Waals surface area contributed by atoms with Crippen molar-refractivity contribution in [3.05, 3.63) is 111 Å². The van der Waals surface area contributed by atoms with Gasteiger partial charge in [0.25, 0.3) is 5.56 Å². The van der Waals surface area contributed by atoms with E-state index in [0.717, 1.165) is 22.0 Å². The smallest absolute Gasteiger partial charge is 0.277 e. The van der Waals surface area contributed by atoms with Crippen LogP contribution in [0.5, 0.6) is 0 Å². The monoisotopic (exact) mass is 459 g/mol. The summed E-state index contributed by atoms with van der Waals surface area (Å²) in [5.41, 5.74) is 4.32. The molecule has 0 radical (unpaired) electrons. The van der Waals surface area contributed by atoms with E-state index in [4.69, 9.17) is 11.6 Å². The Balaban J connectivity index is 1.70. The van der Waals surface area contributed by atoms with Gasteiger partial charge in [-0.2, -0.15) is 0 Å². The van der Waals surface area contributed by atoms with Crippen LogP contribution in [0.25, 0.3) is 21.9 Å². The summed E-state index contributed by atoms with van der Waals surface area (Å²) >= 11 is 6.33. The van der Waals surface area contributed by atoms with Crippen molar-refractivity contribution in [2.75, 3.05) is 0 Å². The number of aromatic nitrogens is 3. The van der Waals surface area contributed by atoms with Crippen molar-refractivity contribution in [2.24, 2.45) is 0 Å². The number of halogens is 2. The highest BCUT2D eigenvalue weighted by Crippen LogP contribution is 2.29. The standard InChI is InChI=1S/C27H23ClFN3O/c1-17-11-12-24-20(13-17)25-26(32(24)15-21-22(28)9-6-10-23(21)29)27(33)31(16-30-25)14-18(2)19-7-4-3-5-8-19/h3-13,16,18H,14-15H2,1-2H3/t18-/m1/s1. The van der Waals surface area contributed by atoms with Crippen molar-refractivity contribution in [3.63, 3.8) is 0 Å². The Morgan fingerprint density at radius 1 is 1.06 bits per heavy atom. The number of aryl methyl sites for hydroxylation is 1. The highest BCUT2D eigenvalue weighted by atomic mass is 35.5. The summed E-state index contributed by atoms with van der Waals surface area (Å²) in [5.74, 6) is -0.268. The van der Waals surface area contributed by atoms with E-state index in [0.29, 0.717) is 28.2 Å². The quantitative estimate of drug-likeness (QED) is 0.309. The molecule has 0 N–H and O–H groups in total. The highest BCUT2D eigenvalue weighted by Gasteiger charge is 2.20. The van der Waals surface area contributed by atoms with Gasteiger partial charge in [0.1, 0.15) is 16.9 Å². The maximum atomic E-state index is 14.6. The van der Waals surface area contributed by atoms with Gasteiger partial charge >= 0.3 is 0 Å². The lowest BCUT2D eigenvalue weighted by Gasteiger charge is -2.14. The van der Waals surface area contributed by atoms with E-state index in [2.05, 4.69) is 24.0 Å². The fourth-order valence-electron chi connectivity index (χ4n) is 4.43. The zero-order valence-electron chi connectivity index (χ0n) is 18.4. The first-order chi connectivity index (χ1) is 15.9. The molecule has 2 aromatic heterocycles. The van der Waals surface area contributed by atoms with Gasteiger partial charge in [0.05, 0.1) is 18.4 Å². The molecule has 0 saturated heterocycles. The van der Waals surface area contributed by atoms with Crippen molar-refractivity contribution in [2.45, 2.75) is 32.9 Å². The summed E-state index contributed by atoms with van der Waals surface area (Å²) in [5, 5.41) is 1.21. The summed E-state index contributed by atoms with van der Waals surface area (Å²) in [6.07, 6.45) is 1.62. The van der Waals surface area contributed by atoms with Crippen LogP contribution in [-0.2, 0) is 13.1 Å². The van der Waals surface area contributed by atoms with Crippen molar-refractivity contribution < 1.29 is 4.39 Å². The Kier molecular flexibility index (Phi) is 5.51. The van der Waals surface area contributed by atoms with Gasteiger partial charge in [-0.05, 0) is 42.7 Å². The third-order valence-corrected chi connectivity index (χ3v) is 6.55. The zero-order valence-corrected chi connectivity index (χ0v) is 19.2. The van der Waals surface area contributed by atoms with Gasteiger partial charge < -0.3 is 4.57 Å². The van der Waals surface area contributed by atoms with Crippen molar-refractivity contribution >= 4 is 33.5 Å². The Bertz CT molecular complexity index is 1520. The SMILES string of the molecule is Cc1ccc2c(c1)c1ncn(C[C@@H](C)c3ccccc3)c(=O)c1n2Cc1c(F)cccc1Cl. The lowest BCUT2D eigenvalue weighted by atomic mass is 10.0. The van der Waals surface area contributed by atoms with E-state index >= 15 is 0 Å². The summed E-state index contributed by atoms with van der Waals surface area (Å²) < 4.78 is 18.1. The summed E-state index contributed by atoms with van der Waals surface area (Å²) in [7, 11) is 0. The molecule has 33 heavy (non-hydrogen) atoms. The van der Waals surface area contributed by atoms with Gasteiger partial charge in [0, 0.05) is 22.5 Å². The molecule has 4 nitrogen and oxygen atoms in total. The second-order valence-electron chi connectivity index (χ2n) is 8.52. The van der Waals surface area contributed by atoms with E-state index < -0.39 is 5.82 Å². The lowest BCUT2D eigenvalue weighted by Crippen LogP contribution is -2.25. The van der Waals surface area contributed by atoms with Crippen LogP contribution >= 0.6 is 11.6 Å². The maximum Gasteiger partial charge on any atom is 0.277 e. The third kappa shape index (κ3) is 3.83. The van der Waals surface area contributed by atoms with Gasteiger partial charge in [0.2, 0.25) is 0 Å². The number of hydrogen-bond donors (Lipinski definition) is 0. The van der Waals surface area contributed by atoms with E-state index in [9.17, 15) is 9.18 Å². The molecule has 0 saturated carbocycles. The zero-order chi connectivity index (χ0) is 23.1. The first-order valence-corrected chi connectivity index (χ1v) is 11.3. The van der Waals surface area contributed by atoms with Crippen molar-refractivity contribution in [3.8, 4) is 0 Å². The second-order valence-corrected chi connectivity index (χ2v) is 8.93. The normalized spacial score (nSPS) is 12.5. The topological polar surface area (TPSA) is 39.8 Å². The number of fused-ring (bicyclic) bond motifs is 3. The fourth-order valence-corrected chi connectivity index (χ4v) is 4.65. The third-order valence-electron chi connectivity index (χ3n) is 6.20. The van der Waals surface area contributed by atoms with Crippen LogP contribution in [0.2, 0.25) is 5.02 Å². The number of rotatable bonds is 5. The Morgan fingerprint density at radius 3 is 2.61 bits per heavy atom. The van der Waals surface area contributed by atoms with Crippen LogP contribution in [0, 0.1) is 12.7 Å². The van der Waals surface area contributed by atoms with Gasteiger partial charge in [-0.3, -0.25) is 9.36 Å². The molecule has 0 unspecified atom stereocenters. The Morgan fingerprint density at radius 2 is 1.85 bits per heavy atom. The first-order valence-electron chi connectivity index (χ1n) is 10.9. The molecule has 0 spiro atoms. The molecule has 0 aliphatic carbocycles. The largest absolute Gasteiger partial charge is 0.330 e. The summed E-state index contributed by atoms with van der Waals surface area (Å²) in [6, 6.07) is 20.7. The average Bonchev–Trinajstić information content (AvgIpc) is 3.12. The number of nitrogens with zero attached hydrogens (tertiary/aromatic N) is 3. The molecular weight excluding hydrogens is 437 g/mol. The molecule has 5 rings (SSSR count). The molecule has 0 aliphatic heterocycles. The predicted molar refractivity (Wildman–Crippen MR) is 132 cm³/mol. The molecule has 3 aromatic carbocycles. The van der Waals surface area contributed by atoms with Crippen LogP contribution in [0.4, 0.5) is 4.39 Å². The molecular formula is C27H23ClFN3O. The molecule has 1 atom stereocenters. The Labute approximate surface area is 195 Å². The maximum absolute atomic E-state index is 14.6. The summed E-state index contributed by atoms with van der Waals surface area (Å²) in [4.78, 5) is 18.4. The number of hydrogen-bond acceptors (Lipinski definition) is 2. The van der Waals surface area contributed by atoms with Gasteiger partial charge in [-0.25, -0.2) is 9.37 Å². The molecule has 0 fully saturated rings. The molecule has 6 heteroatoms. The molecule has 5 aromatic rings. The first kappa shape index (κ1) is 21.4. The minimum Gasteiger partial charge on any atom is -0.330 e. The van der Waals surface area contributed by atoms with Crippen LogP contribution in [0.3, 0.4) is 0 Å². The fraction of sp³-hybridized carbons (Fsp3) is 0.185. The molecule has 166 valence electrons. The van der Waals surface area contributed by atoms with Crippen LogP contribution in [-0.4, -0.2) is 14.1 Å². The average molecular weight is 460 g/mol. The lowest BCUT2D eigenvalue weighted by molar-refractivity contribution is 0.574. The van der Waals surface area contributed by atoms with Gasteiger partial charge in [-0.15, -0.1) is 0 Å². The van der Waals surface area contributed by atoms with Crippen LogP contribution in [0.15, 0.2) is 77.9 Å². The minimum absolute atomic E-state index is 0.129. The van der Waals surface area contributed by atoms with Crippen LogP contribution in [0.1, 0.15) is 29.5 Å². The molecule has 0 amide bonds. The molecule has 2 heterocycles. The highest BCUT2D eigenvalue weighted by molar-refractivity contribution is 6.31. The van der Waals surface area contributed by atoms with Gasteiger partial charge in [0.15, 0.2) is 0 Å². The van der Waals surface area contributed by atoms with Crippen LogP contribution < -0.4 is 5.56 Å². The minimum atomic E-state index is -0.397.